The van der Waals surface area contributed by atoms with Crippen molar-refractivity contribution in [2.45, 2.75) is 12.5 Å². The van der Waals surface area contributed by atoms with Gasteiger partial charge in [-0.15, -0.1) is 0 Å². The zero-order valence-electron chi connectivity index (χ0n) is 4.41. The van der Waals surface area contributed by atoms with Crippen LogP contribution in [0.3, 0.4) is 0 Å². The van der Waals surface area contributed by atoms with E-state index in [2.05, 4.69) is 9.47 Å². The molecule has 0 radical (unpaired) electrons. The molecule has 0 spiro atoms. The van der Waals surface area contributed by atoms with Crippen molar-refractivity contribution in [1.29, 1.82) is 0 Å². The van der Waals surface area contributed by atoms with Crippen LogP contribution in [-0.2, 0) is 9.47 Å². The van der Waals surface area contributed by atoms with Gasteiger partial charge in [0.05, 0.1) is 6.61 Å². The number of alkyl halides is 1. The van der Waals surface area contributed by atoms with Crippen LogP contribution in [0.25, 0.3) is 0 Å². The minimum Gasteiger partial charge on any atom is -0.421 e. The highest BCUT2D eigenvalue weighted by molar-refractivity contribution is 5.62. The fraction of sp³-hybridized carbons (Fsp3) is 0.750. The molecule has 4 nitrogen and oxygen atoms in total. The van der Waals surface area contributed by atoms with Gasteiger partial charge in [-0.2, -0.15) is 4.39 Å². The molecule has 2 unspecified atom stereocenters. The van der Waals surface area contributed by atoms with Crippen molar-refractivity contribution in [1.82, 2.24) is 0 Å². The summed E-state index contributed by atoms with van der Waals surface area (Å²) in [6, 6.07) is 0. The Bertz CT molecular complexity index is 126. The number of cyclic esters (lactones) is 2. The molecular formula is C4H5FO4. The maximum Gasteiger partial charge on any atom is 0.511 e. The maximum absolute atomic E-state index is 12.1. The Morgan fingerprint density at radius 1 is 1.67 bits per heavy atom. The largest absolute Gasteiger partial charge is 0.511 e. The van der Waals surface area contributed by atoms with Gasteiger partial charge in [0.15, 0.2) is 6.10 Å². The van der Waals surface area contributed by atoms with Gasteiger partial charge in [-0.3, -0.25) is 0 Å². The smallest absolute Gasteiger partial charge is 0.421 e. The molecule has 1 N–H and O–H groups in total. The van der Waals surface area contributed by atoms with E-state index in [9.17, 15) is 9.18 Å². The van der Waals surface area contributed by atoms with E-state index < -0.39 is 25.2 Å². The Balaban J connectivity index is 2.47. The molecule has 0 bridgehead atoms. The first-order chi connectivity index (χ1) is 4.24. The molecule has 1 rings (SSSR count). The van der Waals surface area contributed by atoms with Crippen LogP contribution < -0.4 is 0 Å². The number of hydrogen-bond acceptors (Lipinski definition) is 4. The molecule has 9 heavy (non-hydrogen) atoms. The first-order valence-electron chi connectivity index (χ1n) is 2.36. The van der Waals surface area contributed by atoms with E-state index in [4.69, 9.17) is 5.11 Å². The third-order valence-corrected chi connectivity index (χ3v) is 0.929. The van der Waals surface area contributed by atoms with Crippen LogP contribution >= 0.6 is 0 Å². The lowest BCUT2D eigenvalue weighted by Gasteiger charge is -2.01. The number of rotatable bonds is 1. The topological polar surface area (TPSA) is 55.8 Å². The summed E-state index contributed by atoms with van der Waals surface area (Å²) in [5.41, 5.74) is 0. The molecule has 0 aromatic rings. The molecule has 1 saturated heterocycles. The normalized spacial score (nSPS) is 33.8. The molecular weight excluding hydrogens is 131 g/mol. The van der Waals surface area contributed by atoms with Gasteiger partial charge in [-0.25, -0.2) is 4.79 Å². The molecule has 52 valence electrons. The van der Waals surface area contributed by atoms with E-state index in [0.29, 0.717) is 0 Å². The predicted molar refractivity (Wildman–Crippen MR) is 23.3 cm³/mol. The van der Waals surface area contributed by atoms with Crippen LogP contribution in [0.5, 0.6) is 0 Å². The Morgan fingerprint density at radius 2 is 2.33 bits per heavy atom. The second-order valence-corrected chi connectivity index (χ2v) is 1.56. The van der Waals surface area contributed by atoms with Gasteiger partial charge in [-0.1, -0.05) is 0 Å². The number of carbonyl (C=O) groups is 1. The van der Waals surface area contributed by atoms with Gasteiger partial charge in [-0.05, 0) is 0 Å². The lowest BCUT2D eigenvalue weighted by Crippen LogP contribution is -2.21. The molecule has 2 atom stereocenters. The summed E-state index contributed by atoms with van der Waals surface area (Å²) in [6.45, 7) is -0.549. The third-order valence-electron chi connectivity index (χ3n) is 0.929. The number of ether oxygens (including phenoxy) is 2. The highest BCUT2D eigenvalue weighted by Gasteiger charge is 2.35. The number of carbonyl (C=O) groups excluding carboxylic acids is 1. The second-order valence-electron chi connectivity index (χ2n) is 1.56. The first-order valence-corrected chi connectivity index (χ1v) is 2.36. The van der Waals surface area contributed by atoms with Crippen molar-refractivity contribution in [2.24, 2.45) is 0 Å². The van der Waals surface area contributed by atoms with Crippen LogP contribution in [0, 0.1) is 0 Å². The Labute approximate surface area is 50.2 Å². The third kappa shape index (κ3) is 1.10. The predicted octanol–water partition coefficient (Wildman–Crippen LogP) is -0.190. The van der Waals surface area contributed by atoms with Crippen LogP contribution in [0.1, 0.15) is 0 Å². The summed E-state index contributed by atoms with van der Waals surface area (Å²) in [7, 11) is 0. The fourth-order valence-corrected chi connectivity index (χ4v) is 0.493. The first kappa shape index (κ1) is 6.28. The number of hydrogen-bond donors (Lipinski definition) is 1. The van der Waals surface area contributed by atoms with Gasteiger partial charge in [0, 0.05) is 0 Å². The van der Waals surface area contributed by atoms with Crippen molar-refractivity contribution in [3.63, 3.8) is 0 Å². The summed E-state index contributed by atoms with van der Waals surface area (Å²) < 4.78 is 20.1. The summed E-state index contributed by atoms with van der Waals surface area (Å²) in [4.78, 5) is 10.0. The molecule has 0 aromatic heterocycles. The van der Waals surface area contributed by atoms with Gasteiger partial charge in [0.1, 0.15) is 0 Å². The molecule has 0 aliphatic carbocycles. The van der Waals surface area contributed by atoms with Crippen LogP contribution in [-0.4, -0.2) is 30.3 Å². The quantitative estimate of drug-likeness (QED) is 0.507. The zero-order chi connectivity index (χ0) is 6.85. The maximum atomic E-state index is 12.1. The van der Waals surface area contributed by atoms with Crippen molar-refractivity contribution in [3.05, 3.63) is 0 Å². The SMILES string of the molecule is O=C1OC(F)C(CO)O1. The number of halogens is 1. The van der Waals surface area contributed by atoms with Crippen molar-refractivity contribution >= 4 is 6.16 Å². The summed E-state index contributed by atoms with van der Waals surface area (Å²) in [6.07, 6.45) is -4.03. The summed E-state index contributed by atoms with van der Waals surface area (Å²) in [5, 5.41) is 8.26. The Hall–Kier alpha value is -0.840. The monoisotopic (exact) mass is 136 g/mol. The van der Waals surface area contributed by atoms with Crippen LogP contribution in [0.4, 0.5) is 9.18 Å². The Kier molecular flexibility index (Phi) is 1.52. The van der Waals surface area contributed by atoms with Crippen molar-refractivity contribution in [2.75, 3.05) is 6.61 Å². The van der Waals surface area contributed by atoms with E-state index >= 15 is 0 Å². The van der Waals surface area contributed by atoms with E-state index in [1.54, 1.807) is 0 Å². The second kappa shape index (κ2) is 2.18. The Morgan fingerprint density at radius 3 is 2.56 bits per heavy atom. The van der Waals surface area contributed by atoms with Gasteiger partial charge in [0.25, 0.3) is 6.36 Å². The number of aliphatic hydroxyl groups is 1. The molecule has 0 aromatic carbocycles. The lowest BCUT2D eigenvalue weighted by molar-refractivity contribution is 0.00775. The minimum atomic E-state index is -1.82. The van der Waals surface area contributed by atoms with E-state index in [1.807, 2.05) is 0 Å². The number of aliphatic hydroxyl groups excluding tert-OH is 1. The standard InChI is InChI=1S/C4H5FO4/c5-3-2(1-6)8-4(7)9-3/h2-3,6H,1H2. The van der Waals surface area contributed by atoms with Gasteiger partial charge >= 0.3 is 6.16 Å². The molecule has 1 fully saturated rings. The zero-order valence-corrected chi connectivity index (χ0v) is 4.41. The molecule has 0 amide bonds. The highest BCUT2D eigenvalue weighted by atomic mass is 19.1. The van der Waals surface area contributed by atoms with Crippen molar-refractivity contribution < 1.29 is 23.8 Å². The molecule has 5 heteroatoms. The average molecular weight is 136 g/mol. The molecule has 0 saturated carbocycles. The van der Waals surface area contributed by atoms with Crippen LogP contribution in [0.2, 0.25) is 0 Å². The van der Waals surface area contributed by atoms with E-state index in [1.165, 1.54) is 0 Å². The lowest BCUT2D eigenvalue weighted by atomic mass is 10.4. The van der Waals surface area contributed by atoms with Gasteiger partial charge in [0.2, 0.25) is 0 Å². The average Bonchev–Trinajstić information content (AvgIpc) is 2.10. The summed E-state index contributed by atoms with van der Waals surface area (Å²) >= 11 is 0. The highest BCUT2D eigenvalue weighted by Crippen LogP contribution is 2.14. The van der Waals surface area contributed by atoms with Crippen LogP contribution in [0.15, 0.2) is 0 Å². The molecule has 1 aliphatic rings. The van der Waals surface area contributed by atoms with E-state index in [-0.39, 0.29) is 0 Å². The molecule has 1 aliphatic heterocycles. The van der Waals surface area contributed by atoms with E-state index in [0.717, 1.165) is 0 Å². The minimum absolute atomic E-state index is 0.549. The van der Waals surface area contributed by atoms with Gasteiger partial charge < -0.3 is 14.6 Å². The molecule has 1 heterocycles. The summed E-state index contributed by atoms with van der Waals surface area (Å²) in [5.74, 6) is 0. The van der Waals surface area contributed by atoms with Crippen molar-refractivity contribution in [3.8, 4) is 0 Å². The fourth-order valence-electron chi connectivity index (χ4n) is 0.493.